The molecule has 152 valence electrons. The van der Waals surface area contributed by atoms with Gasteiger partial charge < -0.3 is 15.0 Å². The number of hydrogen-bond acceptors (Lipinski definition) is 3. The molecule has 3 aromatic carbocycles. The average Bonchev–Trinajstić information content (AvgIpc) is 2.98. The van der Waals surface area contributed by atoms with Gasteiger partial charge in [-0.2, -0.15) is 0 Å². The third kappa shape index (κ3) is 3.13. The first-order valence-electron chi connectivity index (χ1n) is 11.2. The Morgan fingerprint density at radius 2 is 1.57 bits per heavy atom. The summed E-state index contributed by atoms with van der Waals surface area (Å²) < 4.78 is 6.49. The number of benzene rings is 3. The first kappa shape index (κ1) is 18.2. The maximum absolute atomic E-state index is 6.49. The molecule has 30 heavy (non-hydrogen) atoms. The molecule has 0 aromatic heterocycles. The van der Waals surface area contributed by atoms with E-state index in [1.807, 2.05) is 0 Å². The molecule has 0 saturated carbocycles. The molecule has 4 heterocycles. The van der Waals surface area contributed by atoms with Crippen LogP contribution in [-0.2, 0) is 6.61 Å². The van der Waals surface area contributed by atoms with Crippen molar-refractivity contribution in [1.82, 2.24) is 10.2 Å². The SMILES string of the molecule is c1ccc(-c2cccc3c2OCc2ccccc2C3NC2CN3CCC2CC3)cc1. The minimum absolute atomic E-state index is 0.160. The van der Waals surface area contributed by atoms with Gasteiger partial charge in [0.2, 0.25) is 0 Å². The van der Waals surface area contributed by atoms with Crippen LogP contribution in [0.25, 0.3) is 11.1 Å². The summed E-state index contributed by atoms with van der Waals surface area (Å²) in [5.41, 5.74) is 6.30. The first-order valence-corrected chi connectivity index (χ1v) is 11.2. The fourth-order valence-electron chi connectivity index (χ4n) is 5.60. The normalized spacial score (nSPS) is 26.9. The Labute approximate surface area is 178 Å². The smallest absolute Gasteiger partial charge is 0.132 e. The maximum atomic E-state index is 6.49. The van der Waals surface area contributed by atoms with Gasteiger partial charge in [-0.25, -0.2) is 0 Å². The van der Waals surface area contributed by atoms with Gasteiger partial charge in [0.25, 0.3) is 0 Å². The van der Waals surface area contributed by atoms with Crippen molar-refractivity contribution in [1.29, 1.82) is 0 Å². The number of nitrogens with one attached hydrogen (secondary N) is 1. The molecule has 4 aliphatic heterocycles. The molecule has 3 heteroatoms. The second-order valence-electron chi connectivity index (χ2n) is 8.92. The van der Waals surface area contributed by atoms with Gasteiger partial charge in [0.05, 0.1) is 6.04 Å². The summed E-state index contributed by atoms with van der Waals surface area (Å²) in [7, 11) is 0. The lowest BCUT2D eigenvalue weighted by molar-refractivity contribution is 0.0691. The number of piperidine rings is 3. The Kier molecular flexibility index (Phi) is 4.59. The van der Waals surface area contributed by atoms with Crippen LogP contribution >= 0.6 is 0 Å². The van der Waals surface area contributed by atoms with E-state index in [2.05, 4.69) is 83.0 Å². The zero-order valence-electron chi connectivity index (χ0n) is 17.3. The molecule has 3 saturated heterocycles. The number of rotatable bonds is 3. The molecule has 0 spiro atoms. The van der Waals surface area contributed by atoms with Crippen LogP contribution in [0, 0.1) is 5.92 Å². The zero-order valence-corrected chi connectivity index (χ0v) is 17.3. The molecule has 0 radical (unpaired) electrons. The van der Waals surface area contributed by atoms with Crippen LogP contribution in [0.1, 0.15) is 35.6 Å². The molecule has 7 rings (SSSR count). The second-order valence-corrected chi connectivity index (χ2v) is 8.92. The van der Waals surface area contributed by atoms with Crippen molar-refractivity contribution in [3.05, 3.63) is 89.5 Å². The zero-order chi connectivity index (χ0) is 19.9. The standard InChI is InChI=1S/C27H28N2O/c1-2-7-19(8-3-1)23-11-6-12-24-26(28-25-17-29-15-13-20(25)14-16-29)22-10-5-4-9-21(22)18-30-27(23)24/h1-12,20,25-26,28H,13-18H2. The van der Waals surface area contributed by atoms with Crippen molar-refractivity contribution >= 4 is 0 Å². The molecule has 3 fully saturated rings. The van der Waals surface area contributed by atoms with E-state index in [1.165, 1.54) is 53.7 Å². The molecule has 1 N–H and O–H groups in total. The second kappa shape index (κ2) is 7.57. The highest BCUT2D eigenvalue weighted by molar-refractivity contribution is 5.73. The summed E-state index contributed by atoms with van der Waals surface area (Å²) in [6, 6.07) is 26.7. The fraction of sp³-hybridized carbons (Fsp3) is 0.333. The summed E-state index contributed by atoms with van der Waals surface area (Å²) in [4.78, 5) is 2.62. The highest BCUT2D eigenvalue weighted by Gasteiger charge is 2.37. The van der Waals surface area contributed by atoms with E-state index < -0.39 is 0 Å². The Bertz CT molecular complexity index is 1040. The number of para-hydroxylation sites is 1. The summed E-state index contributed by atoms with van der Waals surface area (Å²) in [6.45, 7) is 4.31. The first-order chi connectivity index (χ1) is 14.9. The molecular weight excluding hydrogens is 368 g/mol. The van der Waals surface area contributed by atoms with Gasteiger partial charge >= 0.3 is 0 Å². The highest BCUT2D eigenvalue weighted by Crippen LogP contribution is 2.43. The van der Waals surface area contributed by atoms with Crippen LogP contribution < -0.4 is 10.1 Å². The third-order valence-electron chi connectivity index (χ3n) is 7.22. The van der Waals surface area contributed by atoms with E-state index in [1.54, 1.807) is 0 Å². The Morgan fingerprint density at radius 3 is 2.37 bits per heavy atom. The van der Waals surface area contributed by atoms with Gasteiger partial charge in [-0.3, -0.25) is 0 Å². The van der Waals surface area contributed by atoms with E-state index in [0.29, 0.717) is 12.6 Å². The summed E-state index contributed by atoms with van der Waals surface area (Å²) >= 11 is 0. The molecule has 2 bridgehead atoms. The highest BCUT2D eigenvalue weighted by atomic mass is 16.5. The average molecular weight is 397 g/mol. The topological polar surface area (TPSA) is 24.5 Å². The number of ether oxygens (including phenoxy) is 1. The van der Waals surface area contributed by atoms with Crippen molar-refractivity contribution < 1.29 is 4.74 Å². The molecule has 3 nitrogen and oxygen atoms in total. The Morgan fingerprint density at radius 1 is 0.800 bits per heavy atom. The van der Waals surface area contributed by atoms with Crippen LogP contribution in [-0.4, -0.2) is 30.6 Å². The van der Waals surface area contributed by atoms with Crippen molar-refractivity contribution in [2.45, 2.75) is 31.5 Å². The maximum Gasteiger partial charge on any atom is 0.132 e. The van der Waals surface area contributed by atoms with Crippen LogP contribution in [0.3, 0.4) is 0 Å². The van der Waals surface area contributed by atoms with Gasteiger partial charge in [0.15, 0.2) is 0 Å². The van der Waals surface area contributed by atoms with Gasteiger partial charge in [0, 0.05) is 23.7 Å². The van der Waals surface area contributed by atoms with Crippen molar-refractivity contribution in [2.24, 2.45) is 5.92 Å². The van der Waals surface area contributed by atoms with E-state index in [9.17, 15) is 0 Å². The monoisotopic (exact) mass is 396 g/mol. The summed E-state index contributed by atoms with van der Waals surface area (Å²) in [5, 5.41) is 4.10. The largest absolute Gasteiger partial charge is 0.488 e. The van der Waals surface area contributed by atoms with E-state index >= 15 is 0 Å². The lowest BCUT2D eigenvalue weighted by Crippen LogP contribution is -2.56. The third-order valence-corrected chi connectivity index (χ3v) is 7.22. The van der Waals surface area contributed by atoms with Crippen molar-refractivity contribution in [2.75, 3.05) is 19.6 Å². The molecule has 2 unspecified atom stereocenters. The van der Waals surface area contributed by atoms with Gasteiger partial charge in [-0.15, -0.1) is 0 Å². The quantitative estimate of drug-likeness (QED) is 0.673. The molecule has 0 amide bonds. The van der Waals surface area contributed by atoms with Crippen LogP contribution in [0.2, 0.25) is 0 Å². The molecule has 3 aromatic rings. The van der Waals surface area contributed by atoms with Crippen LogP contribution in [0.5, 0.6) is 5.75 Å². The van der Waals surface area contributed by atoms with Gasteiger partial charge in [0.1, 0.15) is 12.4 Å². The summed E-state index contributed by atoms with van der Waals surface area (Å²) in [6.07, 6.45) is 2.64. The minimum atomic E-state index is 0.160. The lowest BCUT2D eigenvalue weighted by atomic mass is 9.82. The number of nitrogens with zero attached hydrogens (tertiary/aromatic N) is 1. The Hall–Kier alpha value is -2.62. The predicted molar refractivity (Wildman–Crippen MR) is 121 cm³/mol. The van der Waals surface area contributed by atoms with Gasteiger partial charge in [-0.1, -0.05) is 72.8 Å². The van der Waals surface area contributed by atoms with Crippen LogP contribution in [0.4, 0.5) is 0 Å². The molecule has 4 aliphatic rings. The fourth-order valence-corrected chi connectivity index (χ4v) is 5.60. The van der Waals surface area contributed by atoms with Crippen LogP contribution in [0.15, 0.2) is 72.8 Å². The van der Waals surface area contributed by atoms with Crippen molar-refractivity contribution in [3.63, 3.8) is 0 Å². The number of fused-ring (bicyclic) bond motifs is 5. The predicted octanol–water partition coefficient (Wildman–Crippen LogP) is 5.02. The molecule has 0 aliphatic carbocycles. The van der Waals surface area contributed by atoms with Crippen molar-refractivity contribution in [3.8, 4) is 16.9 Å². The Balaban J connectivity index is 1.45. The molecule has 2 atom stereocenters. The van der Waals surface area contributed by atoms with E-state index in [0.717, 1.165) is 18.2 Å². The number of hydrogen-bond donors (Lipinski definition) is 1. The van der Waals surface area contributed by atoms with E-state index in [-0.39, 0.29) is 6.04 Å². The van der Waals surface area contributed by atoms with Gasteiger partial charge in [-0.05, 0) is 48.5 Å². The summed E-state index contributed by atoms with van der Waals surface area (Å²) in [5.74, 6) is 1.81. The van der Waals surface area contributed by atoms with E-state index in [4.69, 9.17) is 4.74 Å². The minimum Gasteiger partial charge on any atom is -0.488 e. The lowest BCUT2D eigenvalue weighted by Gasteiger charge is -2.46. The molecular formula is C27H28N2O.